The van der Waals surface area contributed by atoms with Crippen molar-refractivity contribution < 1.29 is 9.68 Å². The van der Waals surface area contributed by atoms with E-state index >= 15 is 0 Å². The maximum absolute atomic E-state index is 9.63. The predicted molar refractivity (Wildman–Crippen MR) is 67.8 cm³/mol. The summed E-state index contributed by atoms with van der Waals surface area (Å²) in [7, 11) is -0.799. The highest BCUT2D eigenvalue weighted by molar-refractivity contribution is 6.61. The minimum Gasteiger partial charge on any atom is -0.423 e. The Morgan fingerprint density at radius 3 is 2.62 bits per heavy atom. The van der Waals surface area contributed by atoms with Crippen molar-refractivity contribution in [2.45, 2.75) is 26.0 Å². The molecule has 0 radical (unpaired) electrons. The fraction of sp³-hybridized carbons (Fsp3) is 0.455. The lowest BCUT2D eigenvalue weighted by Crippen LogP contribution is -2.28. The van der Waals surface area contributed by atoms with E-state index in [0.717, 1.165) is 16.6 Å². The van der Waals surface area contributed by atoms with Crippen molar-refractivity contribution in [3.63, 3.8) is 0 Å². The highest BCUT2D eigenvalue weighted by atomic mass is 35.5. The van der Waals surface area contributed by atoms with E-state index in [9.17, 15) is 5.02 Å². The molecule has 0 bridgehead atoms. The highest BCUT2D eigenvalue weighted by Crippen LogP contribution is 2.29. The van der Waals surface area contributed by atoms with Crippen LogP contribution in [0.1, 0.15) is 25.0 Å². The van der Waals surface area contributed by atoms with E-state index in [1.807, 2.05) is 32.0 Å². The van der Waals surface area contributed by atoms with Gasteiger partial charge in [0, 0.05) is 12.9 Å². The van der Waals surface area contributed by atoms with Crippen molar-refractivity contribution in [2.75, 3.05) is 6.38 Å². The third-order valence-corrected chi connectivity index (χ3v) is 2.67. The highest BCUT2D eigenvalue weighted by Gasteiger charge is 2.40. The van der Waals surface area contributed by atoms with Gasteiger partial charge in [0.2, 0.25) is 0 Å². The lowest BCUT2D eigenvalue weighted by Gasteiger charge is -2.20. The van der Waals surface area contributed by atoms with Crippen LogP contribution in [0.3, 0.4) is 0 Å². The molecular weight excluding hydrogens is 224 g/mol. The molecule has 1 aromatic carbocycles. The van der Waals surface area contributed by atoms with Crippen molar-refractivity contribution >= 4 is 24.2 Å². The van der Waals surface area contributed by atoms with E-state index in [-0.39, 0.29) is 0 Å². The number of halogens is 1. The maximum atomic E-state index is 9.63. The molecule has 0 atom stereocenters. The van der Waals surface area contributed by atoms with Gasteiger partial charge in [-0.15, -0.1) is 11.6 Å². The van der Waals surface area contributed by atoms with E-state index in [2.05, 4.69) is 11.6 Å². The van der Waals surface area contributed by atoms with Crippen LogP contribution in [0.25, 0.3) is 0 Å². The summed E-state index contributed by atoms with van der Waals surface area (Å²) in [4.78, 5) is 0. The Kier molecular flexibility index (Phi) is 4.39. The first-order valence-corrected chi connectivity index (χ1v) is 5.87. The molecular formula is C11H17BClNO2. The van der Waals surface area contributed by atoms with Crippen LogP contribution in [0.4, 0.5) is 0 Å². The zero-order valence-corrected chi connectivity index (χ0v) is 10.6. The van der Waals surface area contributed by atoms with E-state index in [4.69, 9.17) is 10.4 Å². The Hall–Kier alpha value is -0.545. The molecule has 0 unspecified atom stereocenters. The smallest absolute Gasteiger partial charge is 0.423 e. The monoisotopic (exact) mass is 241 g/mol. The molecule has 0 spiro atoms. The molecule has 16 heavy (non-hydrogen) atoms. The van der Waals surface area contributed by atoms with Crippen molar-refractivity contribution in [2.24, 2.45) is 5.73 Å². The van der Waals surface area contributed by atoms with Crippen molar-refractivity contribution in [1.29, 1.82) is 0 Å². The number of hydrogen-bond donors (Lipinski definition) is 2. The Labute approximate surface area is 102 Å². The van der Waals surface area contributed by atoms with Crippen LogP contribution in [0.5, 0.6) is 0 Å². The SMILES string of the molecule is CC1(C)OB(O)c2ccc(CN)cc21.CCl. The predicted octanol–water partition coefficient (Wildman–Crippen LogP) is 0.953. The quantitative estimate of drug-likeness (QED) is 0.569. The summed E-state index contributed by atoms with van der Waals surface area (Å²) in [5.41, 5.74) is 8.10. The molecule has 1 aliphatic heterocycles. The van der Waals surface area contributed by atoms with Crippen LogP contribution < -0.4 is 11.2 Å². The molecule has 3 nitrogen and oxygen atoms in total. The summed E-state index contributed by atoms with van der Waals surface area (Å²) in [6.07, 6.45) is 1.47. The summed E-state index contributed by atoms with van der Waals surface area (Å²) >= 11 is 4.64. The maximum Gasteiger partial charge on any atom is 0.492 e. The molecule has 88 valence electrons. The van der Waals surface area contributed by atoms with Crippen LogP contribution in [0.2, 0.25) is 0 Å². The molecule has 2 rings (SSSR count). The molecule has 0 aliphatic carbocycles. The normalized spacial score (nSPS) is 16.5. The Morgan fingerprint density at radius 1 is 1.44 bits per heavy atom. The number of hydrogen-bond acceptors (Lipinski definition) is 3. The Bertz CT molecular complexity index is 371. The number of rotatable bonds is 1. The zero-order chi connectivity index (χ0) is 12.3. The van der Waals surface area contributed by atoms with Gasteiger partial charge in [0.1, 0.15) is 0 Å². The van der Waals surface area contributed by atoms with Crippen LogP contribution >= 0.6 is 11.6 Å². The van der Waals surface area contributed by atoms with Gasteiger partial charge in [0.05, 0.1) is 5.60 Å². The van der Waals surface area contributed by atoms with Gasteiger partial charge in [-0.25, -0.2) is 0 Å². The summed E-state index contributed by atoms with van der Waals surface area (Å²) in [6.45, 7) is 4.41. The minimum atomic E-state index is -0.799. The third kappa shape index (κ3) is 2.41. The zero-order valence-electron chi connectivity index (χ0n) is 9.83. The Balaban J connectivity index is 0.000000606. The summed E-state index contributed by atoms with van der Waals surface area (Å²) in [6, 6.07) is 5.81. The first kappa shape index (κ1) is 13.5. The molecule has 0 amide bonds. The molecule has 0 fully saturated rings. The second-order valence-corrected chi connectivity index (χ2v) is 4.11. The fourth-order valence-electron chi connectivity index (χ4n) is 1.87. The largest absolute Gasteiger partial charge is 0.492 e. The van der Waals surface area contributed by atoms with Crippen molar-refractivity contribution in [3.05, 3.63) is 29.3 Å². The molecule has 5 heteroatoms. The van der Waals surface area contributed by atoms with E-state index in [1.54, 1.807) is 0 Å². The molecule has 0 saturated carbocycles. The van der Waals surface area contributed by atoms with Gasteiger partial charge >= 0.3 is 7.12 Å². The summed E-state index contributed by atoms with van der Waals surface area (Å²) in [5, 5.41) is 9.63. The van der Waals surface area contributed by atoms with E-state index in [1.165, 1.54) is 6.38 Å². The van der Waals surface area contributed by atoms with Gasteiger partial charge < -0.3 is 15.4 Å². The minimum absolute atomic E-state index is 0.417. The number of nitrogens with two attached hydrogens (primary N) is 1. The van der Waals surface area contributed by atoms with Gasteiger partial charge in [0.15, 0.2) is 0 Å². The van der Waals surface area contributed by atoms with Crippen LogP contribution in [-0.4, -0.2) is 18.5 Å². The van der Waals surface area contributed by atoms with Crippen molar-refractivity contribution in [3.8, 4) is 0 Å². The van der Waals surface area contributed by atoms with Crippen molar-refractivity contribution in [1.82, 2.24) is 0 Å². The molecule has 3 N–H and O–H groups in total. The molecule has 1 aliphatic rings. The third-order valence-electron chi connectivity index (χ3n) is 2.67. The van der Waals surface area contributed by atoms with Gasteiger partial charge in [-0.05, 0) is 30.4 Å². The molecule has 1 aromatic rings. The van der Waals surface area contributed by atoms with Gasteiger partial charge in [0.25, 0.3) is 0 Å². The van der Waals surface area contributed by atoms with Gasteiger partial charge in [-0.1, -0.05) is 18.2 Å². The van der Waals surface area contributed by atoms with Crippen LogP contribution in [0, 0.1) is 0 Å². The number of fused-ring (bicyclic) bond motifs is 1. The lowest BCUT2D eigenvalue weighted by atomic mass is 9.78. The van der Waals surface area contributed by atoms with Gasteiger partial charge in [-0.2, -0.15) is 0 Å². The number of alkyl halides is 1. The first-order valence-electron chi connectivity index (χ1n) is 5.11. The summed E-state index contributed by atoms with van der Waals surface area (Å²) in [5.74, 6) is 0. The first-order chi connectivity index (χ1) is 7.54. The van der Waals surface area contributed by atoms with Gasteiger partial charge in [-0.3, -0.25) is 0 Å². The van der Waals surface area contributed by atoms with Crippen LogP contribution in [-0.2, 0) is 16.8 Å². The topological polar surface area (TPSA) is 55.5 Å². The molecule has 0 aromatic heterocycles. The van der Waals surface area contributed by atoms with E-state index in [0.29, 0.717) is 6.54 Å². The van der Waals surface area contributed by atoms with E-state index < -0.39 is 12.7 Å². The number of benzene rings is 1. The average molecular weight is 242 g/mol. The Morgan fingerprint density at radius 2 is 2.06 bits per heavy atom. The fourth-order valence-corrected chi connectivity index (χ4v) is 1.87. The lowest BCUT2D eigenvalue weighted by molar-refractivity contribution is 0.101. The van der Waals surface area contributed by atoms with Crippen LogP contribution in [0.15, 0.2) is 18.2 Å². The second kappa shape index (κ2) is 5.19. The average Bonchev–Trinajstić information content (AvgIpc) is 2.52. The standard InChI is InChI=1S/C10H14BNO2.CH3Cl/c1-10(2)8-5-7(6-12)3-4-9(8)11(13)14-10;1-2/h3-5,13H,6,12H2,1-2H3;1H3. The second-order valence-electron chi connectivity index (χ2n) is 4.11. The molecule has 0 saturated heterocycles. The molecule has 1 heterocycles. The summed E-state index contributed by atoms with van der Waals surface area (Å²) < 4.78 is 5.43.